The molecule has 0 spiro atoms. The molecule has 3 heterocycles. The van der Waals surface area contributed by atoms with E-state index < -0.39 is 0 Å². The number of rotatable bonds is 5. The molecular weight excluding hydrogens is 372 g/mol. The zero-order chi connectivity index (χ0) is 21.1. The summed E-state index contributed by atoms with van der Waals surface area (Å²) in [5.41, 5.74) is 5.31. The molecule has 0 saturated carbocycles. The highest BCUT2D eigenvalue weighted by molar-refractivity contribution is 5.94. The van der Waals surface area contributed by atoms with Crippen LogP contribution in [0.4, 0.5) is 0 Å². The molecule has 1 aliphatic rings. The number of hydrogen-bond acceptors (Lipinski definition) is 3. The molecule has 1 aliphatic heterocycles. The zero-order valence-corrected chi connectivity index (χ0v) is 18.1. The van der Waals surface area contributed by atoms with Crippen molar-refractivity contribution in [2.24, 2.45) is 0 Å². The van der Waals surface area contributed by atoms with Gasteiger partial charge in [-0.15, -0.1) is 0 Å². The van der Waals surface area contributed by atoms with E-state index in [1.165, 1.54) is 11.1 Å². The van der Waals surface area contributed by atoms with Gasteiger partial charge in [-0.2, -0.15) is 0 Å². The summed E-state index contributed by atoms with van der Waals surface area (Å²) in [5.74, 6) is 0.117. The van der Waals surface area contributed by atoms with Gasteiger partial charge >= 0.3 is 0 Å². The highest BCUT2D eigenvalue weighted by Crippen LogP contribution is 2.24. The molecule has 1 saturated heterocycles. The van der Waals surface area contributed by atoms with Gasteiger partial charge in [-0.1, -0.05) is 29.8 Å². The molecule has 2 aromatic heterocycles. The summed E-state index contributed by atoms with van der Waals surface area (Å²) in [6.45, 7) is 10.6. The SMILES string of the molecule is Cc1ccc(Cn2cc(-c3ccncc3)cc2C(=O)N2CCN(C(C)C)CC2)cc1. The quantitative estimate of drug-likeness (QED) is 0.646. The van der Waals surface area contributed by atoms with Crippen molar-refractivity contribution in [3.8, 4) is 11.1 Å². The summed E-state index contributed by atoms with van der Waals surface area (Å²) >= 11 is 0. The molecule has 30 heavy (non-hydrogen) atoms. The van der Waals surface area contributed by atoms with E-state index >= 15 is 0 Å². The van der Waals surface area contributed by atoms with Gasteiger partial charge in [0.2, 0.25) is 0 Å². The molecule has 5 nitrogen and oxygen atoms in total. The van der Waals surface area contributed by atoms with Crippen LogP contribution in [0.5, 0.6) is 0 Å². The van der Waals surface area contributed by atoms with E-state index in [1.54, 1.807) is 12.4 Å². The predicted molar refractivity (Wildman–Crippen MR) is 121 cm³/mol. The van der Waals surface area contributed by atoms with Crippen LogP contribution >= 0.6 is 0 Å². The predicted octanol–water partition coefficient (Wildman–Crippen LogP) is 4.07. The molecule has 1 amide bonds. The number of amides is 1. The summed E-state index contributed by atoms with van der Waals surface area (Å²) in [5, 5.41) is 0. The standard InChI is InChI=1S/C25H30N4O/c1-19(2)27-12-14-28(15-13-27)25(30)24-16-23(22-8-10-26-11-9-22)18-29(24)17-21-6-4-20(3)5-7-21/h4-11,16,18-19H,12-15,17H2,1-3H3. The van der Waals surface area contributed by atoms with Gasteiger partial charge in [0.1, 0.15) is 5.69 Å². The average Bonchev–Trinajstić information content (AvgIpc) is 3.19. The normalized spacial score (nSPS) is 15.0. The lowest BCUT2D eigenvalue weighted by molar-refractivity contribution is 0.0586. The number of piperazine rings is 1. The van der Waals surface area contributed by atoms with Crippen LogP contribution in [0.15, 0.2) is 61.1 Å². The lowest BCUT2D eigenvalue weighted by Crippen LogP contribution is -2.51. The maximum atomic E-state index is 13.5. The Balaban J connectivity index is 1.62. The number of carbonyl (C=O) groups is 1. The molecular formula is C25H30N4O. The first-order valence-electron chi connectivity index (χ1n) is 10.7. The molecule has 0 atom stereocenters. The van der Waals surface area contributed by atoms with E-state index in [1.807, 2.05) is 23.1 Å². The minimum absolute atomic E-state index is 0.117. The number of pyridine rings is 1. The van der Waals surface area contributed by atoms with Crippen molar-refractivity contribution in [3.05, 3.63) is 77.9 Å². The highest BCUT2D eigenvalue weighted by Gasteiger charge is 2.26. The molecule has 0 bridgehead atoms. The Hall–Kier alpha value is -2.92. The highest BCUT2D eigenvalue weighted by atomic mass is 16.2. The Bertz CT molecular complexity index is 984. The molecule has 156 valence electrons. The topological polar surface area (TPSA) is 41.4 Å². The first-order valence-corrected chi connectivity index (χ1v) is 10.7. The van der Waals surface area contributed by atoms with E-state index in [-0.39, 0.29) is 5.91 Å². The molecule has 0 N–H and O–H groups in total. The third-order valence-corrected chi connectivity index (χ3v) is 5.93. The van der Waals surface area contributed by atoms with Gasteiger partial charge in [-0.3, -0.25) is 14.7 Å². The van der Waals surface area contributed by atoms with Crippen molar-refractivity contribution in [2.75, 3.05) is 26.2 Å². The van der Waals surface area contributed by atoms with Gasteiger partial charge in [0.25, 0.3) is 5.91 Å². The zero-order valence-electron chi connectivity index (χ0n) is 18.1. The molecule has 5 heteroatoms. The summed E-state index contributed by atoms with van der Waals surface area (Å²) in [7, 11) is 0. The molecule has 3 aromatic rings. The van der Waals surface area contributed by atoms with E-state index in [9.17, 15) is 4.79 Å². The maximum absolute atomic E-state index is 13.5. The molecule has 1 fully saturated rings. The van der Waals surface area contributed by atoms with Gasteiger partial charge in [0, 0.05) is 62.9 Å². The number of benzene rings is 1. The van der Waals surface area contributed by atoms with Crippen LogP contribution in [0.3, 0.4) is 0 Å². The molecule has 0 unspecified atom stereocenters. The van der Waals surface area contributed by atoms with Gasteiger partial charge in [0.05, 0.1) is 0 Å². The van der Waals surface area contributed by atoms with Gasteiger partial charge in [-0.05, 0) is 50.1 Å². The lowest BCUT2D eigenvalue weighted by atomic mass is 10.1. The smallest absolute Gasteiger partial charge is 0.270 e. The van der Waals surface area contributed by atoms with E-state index in [0.717, 1.165) is 43.0 Å². The van der Waals surface area contributed by atoms with E-state index in [2.05, 4.69) is 65.7 Å². The van der Waals surface area contributed by atoms with Crippen LogP contribution in [0.2, 0.25) is 0 Å². The van der Waals surface area contributed by atoms with Crippen LogP contribution in [0.25, 0.3) is 11.1 Å². The van der Waals surface area contributed by atoms with Crippen molar-refractivity contribution < 1.29 is 4.79 Å². The Morgan fingerprint density at radius 2 is 1.63 bits per heavy atom. The van der Waals surface area contributed by atoms with Crippen molar-refractivity contribution in [3.63, 3.8) is 0 Å². The maximum Gasteiger partial charge on any atom is 0.270 e. The lowest BCUT2D eigenvalue weighted by Gasteiger charge is -2.37. The van der Waals surface area contributed by atoms with E-state index in [0.29, 0.717) is 12.6 Å². The van der Waals surface area contributed by atoms with Crippen molar-refractivity contribution in [1.29, 1.82) is 0 Å². The second-order valence-electron chi connectivity index (χ2n) is 8.39. The van der Waals surface area contributed by atoms with Gasteiger partial charge in [0.15, 0.2) is 0 Å². The van der Waals surface area contributed by atoms with Crippen LogP contribution in [0.1, 0.15) is 35.5 Å². The largest absolute Gasteiger partial charge is 0.338 e. The second kappa shape index (κ2) is 8.84. The Morgan fingerprint density at radius 1 is 0.967 bits per heavy atom. The van der Waals surface area contributed by atoms with Crippen LogP contribution < -0.4 is 0 Å². The fourth-order valence-corrected chi connectivity index (χ4v) is 4.02. The summed E-state index contributed by atoms with van der Waals surface area (Å²) in [6.07, 6.45) is 5.67. The summed E-state index contributed by atoms with van der Waals surface area (Å²) in [4.78, 5) is 22.0. The first kappa shape index (κ1) is 20.4. The van der Waals surface area contributed by atoms with Crippen LogP contribution in [-0.4, -0.2) is 57.5 Å². The Kier molecular flexibility index (Phi) is 6.00. The molecule has 0 aliphatic carbocycles. The minimum Gasteiger partial charge on any atom is -0.338 e. The van der Waals surface area contributed by atoms with Gasteiger partial charge in [-0.25, -0.2) is 0 Å². The summed E-state index contributed by atoms with van der Waals surface area (Å²) in [6, 6.07) is 15.0. The fourth-order valence-electron chi connectivity index (χ4n) is 4.02. The monoisotopic (exact) mass is 402 g/mol. The number of nitrogens with zero attached hydrogens (tertiary/aromatic N) is 4. The Labute approximate surface area is 179 Å². The van der Waals surface area contributed by atoms with Crippen molar-refractivity contribution in [2.45, 2.75) is 33.4 Å². The molecule has 0 radical (unpaired) electrons. The second-order valence-corrected chi connectivity index (χ2v) is 8.39. The van der Waals surface area contributed by atoms with Crippen molar-refractivity contribution >= 4 is 5.91 Å². The number of aromatic nitrogens is 2. The third-order valence-electron chi connectivity index (χ3n) is 5.93. The van der Waals surface area contributed by atoms with Crippen LogP contribution in [-0.2, 0) is 6.54 Å². The number of hydrogen-bond donors (Lipinski definition) is 0. The molecule has 1 aromatic carbocycles. The fraction of sp³-hybridized carbons (Fsp3) is 0.360. The van der Waals surface area contributed by atoms with Crippen LogP contribution in [0, 0.1) is 6.92 Å². The van der Waals surface area contributed by atoms with Crippen molar-refractivity contribution in [1.82, 2.24) is 19.4 Å². The minimum atomic E-state index is 0.117. The summed E-state index contributed by atoms with van der Waals surface area (Å²) < 4.78 is 2.09. The average molecular weight is 403 g/mol. The Morgan fingerprint density at radius 3 is 2.27 bits per heavy atom. The van der Waals surface area contributed by atoms with Gasteiger partial charge < -0.3 is 9.47 Å². The molecule has 4 rings (SSSR count). The first-order chi connectivity index (χ1) is 14.5. The number of carbonyl (C=O) groups excluding carboxylic acids is 1. The third kappa shape index (κ3) is 4.46. The number of aryl methyl sites for hydroxylation is 1. The van der Waals surface area contributed by atoms with E-state index in [4.69, 9.17) is 0 Å².